The SMILES string of the molecule is CCCC[C@H](O[C@@H](Cc1ccccc1)C(=O)N1CCC(OCOC)CC1)C(=O)N[C@@H](CC1CCCCC1)[C@@H](O)C[C@H](C(=O)NCCCCN)C(C)C. The molecule has 0 bridgehead atoms. The summed E-state index contributed by atoms with van der Waals surface area (Å²) >= 11 is 0. The van der Waals surface area contributed by atoms with Crippen LogP contribution in [0, 0.1) is 17.8 Å². The lowest BCUT2D eigenvalue weighted by Crippen LogP contribution is -2.52. The number of amides is 3. The molecule has 0 aromatic heterocycles. The van der Waals surface area contributed by atoms with Crippen LogP contribution in [0.4, 0.5) is 0 Å². The summed E-state index contributed by atoms with van der Waals surface area (Å²) in [6.07, 6.45) is 9.39. The largest absolute Gasteiger partial charge is 0.391 e. The van der Waals surface area contributed by atoms with Crippen molar-refractivity contribution < 1.29 is 33.7 Å². The number of nitrogens with two attached hydrogens (primary N) is 1. The molecular weight excluding hydrogens is 660 g/mol. The fourth-order valence-electron chi connectivity index (χ4n) is 7.57. The number of unbranched alkanes of at least 4 members (excludes halogenated alkanes) is 2. The summed E-state index contributed by atoms with van der Waals surface area (Å²) in [6.45, 7) is 8.51. The number of aliphatic hydroxyl groups is 1. The number of hydrogen-bond acceptors (Lipinski definition) is 8. The molecule has 11 heteroatoms. The van der Waals surface area contributed by atoms with E-state index in [1.807, 2.05) is 49.1 Å². The van der Waals surface area contributed by atoms with Gasteiger partial charge in [-0.3, -0.25) is 14.4 Å². The van der Waals surface area contributed by atoms with Gasteiger partial charge in [-0.15, -0.1) is 0 Å². The van der Waals surface area contributed by atoms with E-state index in [0.29, 0.717) is 64.2 Å². The summed E-state index contributed by atoms with van der Waals surface area (Å²) < 4.78 is 17.4. The molecule has 1 aromatic rings. The van der Waals surface area contributed by atoms with E-state index in [4.69, 9.17) is 19.9 Å². The number of hydrogen-bond donors (Lipinski definition) is 4. The third-order valence-electron chi connectivity index (χ3n) is 10.8. The first-order chi connectivity index (χ1) is 25.2. The van der Waals surface area contributed by atoms with E-state index in [9.17, 15) is 19.5 Å². The van der Waals surface area contributed by atoms with Gasteiger partial charge in [0.1, 0.15) is 19.0 Å². The fraction of sp³-hybridized carbons (Fsp3) is 0.780. The van der Waals surface area contributed by atoms with E-state index in [-0.39, 0.29) is 43.0 Å². The van der Waals surface area contributed by atoms with Gasteiger partial charge in [0.25, 0.3) is 5.91 Å². The fourth-order valence-corrected chi connectivity index (χ4v) is 7.57. The van der Waals surface area contributed by atoms with Crippen LogP contribution >= 0.6 is 0 Å². The number of methoxy groups -OCH3 is 1. The minimum atomic E-state index is -0.914. The highest BCUT2D eigenvalue weighted by molar-refractivity contribution is 5.84. The average molecular weight is 731 g/mol. The lowest BCUT2D eigenvalue weighted by molar-refractivity contribution is -0.157. The van der Waals surface area contributed by atoms with Crippen molar-refractivity contribution in [2.75, 3.05) is 40.1 Å². The standard InChI is InChI=1S/C41H70N4O7/c1-5-6-19-37(52-38(27-32-17-11-8-12-18-32)41(49)45-24-20-33(21-25-45)51-29-50-4)40(48)44-35(26-31-15-9-7-10-16-31)36(46)28-34(30(2)3)39(47)43-23-14-13-22-42/h8,11-12,17-18,30-31,33-38,46H,5-7,9-10,13-16,19-29,42H2,1-4H3,(H,43,47)(H,44,48)/t34-,35-,36-,37-,38-/m0/s1. The lowest BCUT2D eigenvalue weighted by Gasteiger charge is -2.36. The molecule has 296 valence electrons. The molecule has 5 N–H and O–H groups in total. The van der Waals surface area contributed by atoms with Crippen LogP contribution in [-0.4, -0.2) is 98.3 Å². The highest BCUT2D eigenvalue weighted by atomic mass is 16.7. The van der Waals surface area contributed by atoms with E-state index in [1.54, 1.807) is 7.11 Å². The quantitative estimate of drug-likeness (QED) is 0.0846. The molecule has 1 saturated heterocycles. The van der Waals surface area contributed by atoms with Gasteiger partial charge in [-0.1, -0.05) is 96.0 Å². The van der Waals surface area contributed by atoms with Gasteiger partial charge >= 0.3 is 0 Å². The number of carbonyl (C=O) groups is 3. The number of rotatable bonds is 24. The first-order valence-electron chi connectivity index (χ1n) is 20.2. The molecule has 2 fully saturated rings. The molecule has 0 radical (unpaired) electrons. The Bertz CT molecular complexity index is 1140. The zero-order valence-corrected chi connectivity index (χ0v) is 32.6. The van der Waals surface area contributed by atoms with Crippen molar-refractivity contribution in [3.63, 3.8) is 0 Å². The highest BCUT2D eigenvalue weighted by Gasteiger charge is 2.36. The van der Waals surface area contributed by atoms with Gasteiger partial charge < -0.3 is 40.6 Å². The van der Waals surface area contributed by atoms with Gasteiger partial charge in [-0.2, -0.15) is 0 Å². The smallest absolute Gasteiger partial charge is 0.252 e. The topological polar surface area (TPSA) is 152 Å². The number of likely N-dealkylation sites (tertiary alicyclic amines) is 1. The molecule has 2 aliphatic rings. The van der Waals surface area contributed by atoms with Crippen LogP contribution in [-0.2, 0) is 35.0 Å². The predicted molar refractivity (Wildman–Crippen MR) is 204 cm³/mol. The Labute approximate surface area is 313 Å². The Morgan fingerprint density at radius 1 is 0.962 bits per heavy atom. The summed E-state index contributed by atoms with van der Waals surface area (Å²) in [4.78, 5) is 43.5. The van der Waals surface area contributed by atoms with Gasteiger partial charge in [-0.05, 0) is 68.9 Å². The van der Waals surface area contributed by atoms with Crippen LogP contribution in [0.3, 0.4) is 0 Å². The van der Waals surface area contributed by atoms with Crippen LogP contribution in [0.1, 0.15) is 116 Å². The van der Waals surface area contributed by atoms with Crippen molar-refractivity contribution in [3.05, 3.63) is 35.9 Å². The van der Waals surface area contributed by atoms with Crippen LogP contribution in [0.15, 0.2) is 30.3 Å². The number of nitrogens with zero attached hydrogens (tertiary/aromatic N) is 1. The summed E-state index contributed by atoms with van der Waals surface area (Å²) in [5.41, 5.74) is 6.59. The summed E-state index contributed by atoms with van der Waals surface area (Å²) in [6, 6.07) is 9.25. The summed E-state index contributed by atoms with van der Waals surface area (Å²) in [7, 11) is 1.60. The maximum atomic E-state index is 14.3. The molecule has 3 amide bonds. The van der Waals surface area contributed by atoms with E-state index >= 15 is 0 Å². The van der Waals surface area contributed by atoms with Crippen molar-refractivity contribution in [1.29, 1.82) is 0 Å². The molecule has 0 unspecified atom stereocenters. The molecular formula is C41H70N4O7. The number of piperidine rings is 1. The second-order valence-corrected chi connectivity index (χ2v) is 15.3. The van der Waals surface area contributed by atoms with Crippen molar-refractivity contribution >= 4 is 17.7 Å². The maximum absolute atomic E-state index is 14.3. The minimum Gasteiger partial charge on any atom is -0.391 e. The highest BCUT2D eigenvalue weighted by Crippen LogP contribution is 2.30. The number of aliphatic hydroxyl groups excluding tert-OH is 1. The molecule has 11 nitrogen and oxygen atoms in total. The molecule has 1 saturated carbocycles. The number of nitrogens with one attached hydrogen (secondary N) is 2. The van der Waals surface area contributed by atoms with E-state index < -0.39 is 30.3 Å². The van der Waals surface area contributed by atoms with Gasteiger partial charge in [0.2, 0.25) is 11.8 Å². The summed E-state index contributed by atoms with van der Waals surface area (Å²) in [5.74, 6) is -0.513. The van der Waals surface area contributed by atoms with Crippen LogP contribution in [0.5, 0.6) is 0 Å². The lowest BCUT2D eigenvalue weighted by atomic mass is 9.81. The second-order valence-electron chi connectivity index (χ2n) is 15.3. The number of carbonyl (C=O) groups excluding carboxylic acids is 3. The van der Waals surface area contributed by atoms with Gasteiger partial charge in [0, 0.05) is 39.1 Å². The summed E-state index contributed by atoms with van der Waals surface area (Å²) in [5, 5.41) is 18.1. The molecule has 52 heavy (non-hydrogen) atoms. The Morgan fingerprint density at radius 3 is 2.31 bits per heavy atom. The predicted octanol–water partition coefficient (Wildman–Crippen LogP) is 5.12. The molecule has 5 atom stereocenters. The average Bonchev–Trinajstić information content (AvgIpc) is 3.16. The molecule has 1 aromatic carbocycles. The van der Waals surface area contributed by atoms with Crippen LogP contribution < -0.4 is 16.4 Å². The van der Waals surface area contributed by atoms with Crippen LogP contribution in [0.25, 0.3) is 0 Å². The van der Waals surface area contributed by atoms with Gasteiger partial charge in [0.05, 0.1) is 18.2 Å². The Hall–Kier alpha value is -2.57. The zero-order valence-electron chi connectivity index (χ0n) is 32.6. The number of benzene rings is 1. The van der Waals surface area contributed by atoms with Crippen molar-refractivity contribution in [1.82, 2.24) is 15.5 Å². The maximum Gasteiger partial charge on any atom is 0.252 e. The van der Waals surface area contributed by atoms with E-state index in [0.717, 1.165) is 56.9 Å². The Kier molecular flexibility index (Phi) is 20.8. The van der Waals surface area contributed by atoms with E-state index in [2.05, 4.69) is 17.6 Å². The number of ether oxygens (including phenoxy) is 3. The van der Waals surface area contributed by atoms with Crippen molar-refractivity contribution in [3.8, 4) is 0 Å². The molecule has 0 spiro atoms. The molecule has 1 heterocycles. The zero-order chi connectivity index (χ0) is 37.7. The first-order valence-corrected chi connectivity index (χ1v) is 20.2. The van der Waals surface area contributed by atoms with E-state index in [1.165, 1.54) is 6.42 Å². The minimum absolute atomic E-state index is 0.0113. The third-order valence-corrected chi connectivity index (χ3v) is 10.8. The second kappa shape index (κ2) is 24.7. The van der Waals surface area contributed by atoms with Crippen LogP contribution in [0.2, 0.25) is 0 Å². The Balaban J connectivity index is 1.80. The normalized spacial score (nSPS) is 18.8. The van der Waals surface area contributed by atoms with Gasteiger partial charge in [-0.25, -0.2) is 0 Å². The van der Waals surface area contributed by atoms with Gasteiger partial charge in [0.15, 0.2) is 0 Å². The molecule has 1 aliphatic heterocycles. The molecule has 3 rings (SSSR count). The monoisotopic (exact) mass is 731 g/mol. The van der Waals surface area contributed by atoms with Crippen molar-refractivity contribution in [2.45, 2.75) is 148 Å². The van der Waals surface area contributed by atoms with Crippen molar-refractivity contribution in [2.24, 2.45) is 23.5 Å². The third kappa shape index (κ3) is 15.4. The Morgan fingerprint density at radius 2 is 1.67 bits per heavy atom. The first kappa shape index (κ1) is 43.8. The molecule has 1 aliphatic carbocycles.